The summed E-state index contributed by atoms with van der Waals surface area (Å²) in [6.07, 6.45) is 0. The first-order valence-corrected chi connectivity index (χ1v) is 0. The van der Waals surface area contributed by atoms with Gasteiger partial charge < -0.3 is 24.3 Å². The molecule has 2 N–H and O–H groups in total. The van der Waals surface area contributed by atoms with Crippen LogP contribution >= 0.6 is 0 Å². The maximum atomic E-state index is 0. The molecule has 0 bridgehead atoms. The summed E-state index contributed by atoms with van der Waals surface area (Å²) < 4.78 is 0. The van der Waals surface area contributed by atoms with E-state index in [4.69, 9.17) is 0 Å². The molecule has 0 aromatic carbocycles. The van der Waals surface area contributed by atoms with E-state index in [1.54, 1.807) is 0 Å². The molecule has 0 aromatic heterocycles. The molecule has 0 aliphatic carbocycles. The van der Waals surface area contributed by atoms with Crippen LogP contribution < -0.4 is 18.8 Å². The van der Waals surface area contributed by atoms with Crippen molar-refractivity contribution >= 4 is 46.1 Å². The summed E-state index contributed by atoms with van der Waals surface area (Å²) in [6, 6.07) is 0. The van der Waals surface area contributed by atoms with E-state index >= 15 is 0 Å². The van der Waals surface area contributed by atoms with E-state index in [1.165, 1.54) is 0 Å². The zero-order valence-corrected chi connectivity index (χ0v) is 6.25. The second-order valence-corrected chi connectivity index (χ2v) is 0. The average molecular weight is 143 g/mol. The minimum absolute atomic E-state index is 0. The predicted molar refractivity (Wildman–Crippen MR) is 15.1 cm³/mol. The smallest absolute Gasteiger partial charge is 1.00 e. The molecule has 0 atom stereocenters. The minimum atomic E-state index is 0. The molecule has 0 aliphatic rings. The van der Waals surface area contributed by atoms with Crippen molar-refractivity contribution in [2.75, 3.05) is 0 Å². The molecule has 0 saturated carbocycles. The van der Waals surface area contributed by atoms with E-state index in [2.05, 4.69) is 0 Å². The Morgan fingerprint density at radius 3 is 0.429 bits per heavy atom. The third-order valence-electron chi connectivity index (χ3n) is 0. The monoisotopic (exact) mass is 142 g/mol. The van der Waals surface area contributed by atoms with Gasteiger partial charge in [0, 0.05) is 0 Å². The molecule has 0 unspecified atom stereocenters. The molecular weight excluding hydrogens is 141 g/mol. The molecule has 0 aliphatic heterocycles. The number of rotatable bonds is 0. The Hall–Kier alpha value is 1.21. The van der Waals surface area contributed by atoms with Crippen LogP contribution in [0.5, 0.6) is 0 Å². The molecule has 0 fully saturated rings. The largest absolute Gasteiger partial charge is 2.00 e. The van der Waals surface area contributed by atoms with E-state index in [9.17, 15) is 0 Å². The van der Waals surface area contributed by atoms with Crippen molar-refractivity contribution in [2.45, 2.75) is 0 Å². The summed E-state index contributed by atoms with van der Waals surface area (Å²) in [7, 11) is 0. The number of hydrogen-bond donors (Lipinski definition) is 0. The van der Waals surface area contributed by atoms with Crippen LogP contribution in [-0.2, 0) is 0 Å². The van der Waals surface area contributed by atoms with Crippen LogP contribution in [0.2, 0.25) is 0 Å². The Labute approximate surface area is 70.3 Å². The summed E-state index contributed by atoms with van der Waals surface area (Å²) in [5.41, 5.74) is 0. The molecule has 1 nitrogen and oxygen atoms in total. The normalized spacial score (nSPS) is 0. The summed E-state index contributed by atoms with van der Waals surface area (Å²) in [5, 5.41) is 0. The van der Waals surface area contributed by atoms with Crippen molar-refractivity contribution < 1.29 is 24.3 Å². The van der Waals surface area contributed by atoms with Gasteiger partial charge >= 0.3 is 46.1 Å². The Balaban J connectivity index is 0. The van der Waals surface area contributed by atoms with E-state index in [-0.39, 0.29) is 70.4 Å². The average Bonchev–Trinajstić information content (AvgIpc) is 0. The predicted octanol–water partition coefficient (Wildman–Crippen LogP) is -13.6. The topological polar surface area (TPSA) is 31.5 Å². The van der Waals surface area contributed by atoms with Crippen LogP contribution in [0.15, 0.2) is 0 Å². The fourth-order valence-electron chi connectivity index (χ4n) is 0. The van der Waals surface area contributed by atoms with E-state index < -0.39 is 0 Å². The van der Waals surface area contributed by atoms with Crippen LogP contribution in [0, 0.1) is 0 Å². The summed E-state index contributed by atoms with van der Waals surface area (Å²) in [4.78, 5) is 0. The first-order chi connectivity index (χ1) is 0. The molecule has 0 rings (SSSR count). The second kappa shape index (κ2) is 189. The molecule has 0 aromatic rings. The Morgan fingerprint density at radius 2 is 0.429 bits per heavy atom. The van der Waals surface area contributed by atoms with Crippen LogP contribution in [0.3, 0.4) is 0 Å². The Kier molecular flexibility index (Phi) is 7860. The van der Waals surface area contributed by atoms with Gasteiger partial charge in [-0.05, 0) is 0 Å². The van der Waals surface area contributed by atoms with Gasteiger partial charge in [0.25, 0.3) is 0 Å². The van der Waals surface area contributed by atoms with E-state index in [1.807, 2.05) is 0 Å². The van der Waals surface area contributed by atoms with Crippen LogP contribution in [0.4, 0.5) is 0 Å². The van der Waals surface area contributed by atoms with Gasteiger partial charge in [-0.3, -0.25) is 0 Å². The first kappa shape index (κ1) is 291. The van der Waals surface area contributed by atoms with Gasteiger partial charge in [0.2, 0.25) is 0 Å². The van der Waals surface area contributed by atoms with Gasteiger partial charge in [0.1, 0.15) is 0 Å². The second-order valence-electron chi connectivity index (χ2n) is 0. The maximum Gasteiger partial charge on any atom is 2.00 e. The van der Waals surface area contributed by atoms with Gasteiger partial charge in [-0.2, -0.15) is 0 Å². The SMILES string of the molecule is O.[F-].[F-].[F-].[F-].[Mg+2].[Mg+2]. The molecule has 40 valence electrons. The van der Waals surface area contributed by atoms with Crippen LogP contribution in [-0.4, -0.2) is 51.6 Å². The minimum Gasteiger partial charge on any atom is -1.00 e. The zero-order chi connectivity index (χ0) is 0. The standard InChI is InChI=1S/4FH.2Mg.H2O/h4*1H;;;1H2/q;;;;2*+2;/p-4. The first-order valence-electron chi connectivity index (χ1n) is 0. The molecule has 0 amide bonds. The van der Waals surface area contributed by atoms with Crippen LogP contribution in [0.25, 0.3) is 0 Å². The fraction of sp³-hybridized carbons (Fsp3) is 0. The van der Waals surface area contributed by atoms with Crippen molar-refractivity contribution in [3.63, 3.8) is 0 Å². The zero-order valence-electron chi connectivity index (χ0n) is 3.43. The maximum absolute atomic E-state index is 0. The van der Waals surface area contributed by atoms with Gasteiger partial charge in [-0.15, -0.1) is 0 Å². The summed E-state index contributed by atoms with van der Waals surface area (Å²) in [6.45, 7) is 0. The molecule has 0 radical (unpaired) electrons. The van der Waals surface area contributed by atoms with Crippen molar-refractivity contribution in [1.82, 2.24) is 0 Å². The molecule has 0 heterocycles. The van der Waals surface area contributed by atoms with Gasteiger partial charge in [-0.1, -0.05) is 0 Å². The quantitative estimate of drug-likeness (QED) is 0.238. The van der Waals surface area contributed by atoms with Gasteiger partial charge in [0.05, 0.1) is 0 Å². The molecule has 0 saturated heterocycles. The summed E-state index contributed by atoms with van der Waals surface area (Å²) >= 11 is 0. The number of halogens is 4. The third-order valence-corrected chi connectivity index (χ3v) is 0. The Bertz CT molecular complexity index is 9.65. The van der Waals surface area contributed by atoms with Crippen molar-refractivity contribution in [2.24, 2.45) is 0 Å². The van der Waals surface area contributed by atoms with E-state index in [0.717, 1.165) is 0 Å². The fourth-order valence-corrected chi connectivity index (χ4v) is 0. The molecule has 7 heavy (non-hydrogen) atoms. The van der Waals surface area contributed by atoms with E-state index in [0.29, 0.717) is 0 Å². The number of hydrogen-bond acceptors (Lipinski definition) is 0. The van der Waals surface area contributed by atoms with Crippen LogP contribution in [0.1, 0.15) is 0 Å². The van der Waals surface area contributed by atoms with Gasteiger partial charge in [0.15, 0.2) is 0 Å². The Morgan fingerprint density at radius 1 is 0.429 bits per heavy atom. The molecular formula is H2F4Mg2O. The third kappa shape index (κ3) is 133. The van der Waals surface area contributed by atoms with Gasteiger partial charge in [-0.25, -0.2) is 0 Å². The summed E-state index contributed by atoms with van der Waals surface area (Å²) in [5.74, 6) is 0. The molecule has 0 spiro atoms. The molecule has 7 heteroatoms. The van der Waals surface area contributed by atoms with Crippen molar-refractivity contribution in [1.29, 1.82) is 0 Å². The van der Waals surface area contributed by atoms with Crippen molar-refractivity contribution in [3.8, 4) is 0 Å². The van der Waals surface area contributed by atoms with Crippen molar-refractivity contribution in [3.05, 3.63) is 0 Å².